The fourth-order valence-electron chi connectivity index (χ4n) is 4.42. The summed E-state index contributed by atoms with van der Waals surface area (Å²) in [6.07, 6.45) is 0.670. The van der Waals surface area contributed by atoms with Gasteiger partial charge in [-0.25, -0.2) is 17.1 Å². The van der Waals surface area contributed by atoms with Gasteiger partial charge in [0.15, 0.2) is 0 Å². The van der Waals surface area contributed by atoms with Crippen LogP contribution in [0, 0.1) is 11.7 Å². The Morgan fingerprint density at radius 1 is 0.946 bits per heavy atom. The number of rotatable bonds is 8. The van der Waals surface area contributed by atoms with Gasteiger partial charge in [-0.2, -0.15) is 0 Å². The van der Waals surface area contributed by atoms with Crippen LogP contribution in [0.15, 0.2) is 78.9 Å². The van der Waals surface area contributed by atoms with Crippen molar-refractivity contribution in [3.63, 3.8) is 0 Å². The van der Waals surface area contributed by atoms with Crippen LogP contribution in [0.5, 0.6) is 0 Å². The van der Waals surface area contributed by atoms with Crippen molar-refractivity contribution in [2.45, 2.75) is 31.6 Å². The summed E-state index contributed by atoms with van der Waals surface area (Å²) in [7, 11) is -3.71. The highest BCUT2D eigenvalue weighted by Gasteiger charge is 2.32. The number of hydrogen-bond donors (Lipinski definition) is 2. The standard InChI is InChI=1S/C28H30FN3O4S/c1-20(21-9-3-2-4-10-21)30-28(34)24-12-6-8-14-26(24)31-27(33)22-15-17-32(18-16-22)37(35,36)19-23-11-5-7-13-25(23)29/h2-14,20,22H,15-19H2,1H3,(H,30,34)(H,31,33)/t20-/m0/s1. The lowest BCUT2D eigenvalue weighted by Gasteiger charge is -2.30. The molecule has 3 aromatic carbocycles. The summed E-state index contributed by atoms with van der Waals surface area (Å²) < 4.78 is 40.9. The summed E-state index contributed by atoms with van der Waals surface area (Å²) >= 11 is 0. The van der Waals surface area contributed by atoms with Crippen LogP contribution < -0.4 is 10.6 Å². The van der Waals surface area contributed by atoms with Crippen LogP contribution in [-0.4, -0.2) is 37.6 Å². The van der Waals surface area contributed by atoms with E-state index in [9.17, 15) is 22.4 Å². The number of carbonyl (C=O) groups is 2. The van der Waals surface area contributed by atoms with E-state index < -0.39 is 27.5 Å². The van der Waals surface area contributed by atoms with Crippen LogP contribution in [-0.2, 0) is 20.6 Å². The maximum atomic E-state index is 13.9. The molecule has 0 spiro atoms. The van der Waals surface area contributed by atoms with E-state index in [1.54, 1.807) is 30.3 Å². The van der Waals surface area contributed by atoms with Crippen LogP contribution in [0.25, 0.3) is 0 Å². The van der Waals surface area contributed by atoms with Gasteiger partial charge in [-0.05, 0) is 43.5 Å². The van der Waals surface area contributed by atoms with Gasteiger partial charge in [0, 0.05) is 24.6 Å². The molecule has 194 valence electrons. The molecule has 0 radical (unpaired) electrons. The fourth-order valence-corrected chi connectivity index (χ4v) is 6.00. The monoisotopic (exact) mass is 523 g/mol. The molecular weight excluding hydrogens is 493 g/mol. The number of nitrogens with zero attached hydrogens (tertiary/aromatic N) is 1. The highest BCUT2D eigenvalue weighted by molar-refractivity contribution is 7.88. The SMILES string of the molecule is C[C@H](NC(=O)c1ccccc1NC(=O)C1CCN(S(=O)(=O)Cc2ccccc2F)CC1)c1ccccc1. The minimum atomic E-state index is -3.71. The molecule has 2 amide bonds. The zero-order valence-electron chi connectivity index (χ0n) is 20.6. The smallest absolute Gasteiger partial charge is 0.253 e. The third kappa shape index (κ3) is 6.61. The molecule has 1 saturated heterocycles. The van der Waals surface area contributed by atoms with E-state index in [1.807, 2.05) is 37.3 Å². The molecule has 3 aromatic rings. The molecule has 0 saturated carbocycles. The van der Waals surface area contributed by atoms with Crippen molar-refractivity contribution in [2.75, 3.05) is 18.4 Å². The molecule has 37 heavy (non-hydrogen) atoms. The van der Waals surface area contributed by atoms with Crippen molar-refractivity contribution in [1.29, 1.82) is 0 Å². The van der Waals surface area contributed by atoms with Gasteiger partial charge in [-0.15, -0.1) is 0 Å². The molecule has 0 aliphatic carbocycles. The lowest BCUT2D eigenvalue weighted by atomic mass is 9.97. The maximum absolute atomic E-state index is 13.9. The molecule has 0 unspecified atom stereocenters. The van der Waals surface area contributed by atoms with Crippen molar-refractivity contribution >= 4 is 27.5 Å². The molecule has 4 rings (SSSR count). The first kappa shape index (κ1) is 26.5. The van der Waals surface area contributed by atoms with Gasteiger partial charge in [0.2, 0.25) is 15.9 Å². The molecule has 0 bridgehead atoms. The first-order chi connectivity index (χ1) is 17.7. The summed E-state index contributed by atoms with van der Waals surface area (Å²) in [5, 5.41) is 5.82. The number of anilines is 1. The fraction of sp³-hybridized carbons (Fsp3) is 0.286. The van der Waals surface area contributed by atoms with Crippen molar-refractivity contribution in [3.8, 4) is 0 Å². The summed E-state index contributed by atoms with van der Waals surface area (Å²) in [6.45, 7) is 2.24. The Bertz CT molecular complexity index is 1360. The molecule has 0 aromatic heterocycles. The third-order valence-corrected chi connectivity index (χ3v) is 8.42. The van der Waals surface area contributed by atoms with Crippen LogP contribution >= 0.6 is 0 Å². The number of piperidine rings is 1. The van der Waals surface area contributed by atoms with E-state index in [1.165, 1.54) is 22.5 Å². The average molecular weight is 524 g/mol. The van der Waals surface area contributed by atoms with Crippen LogP contribution in [0.4, 0.5) is 10.1 Å². The minimum Gasteiger partial charge on any atom is -0.345 e. The number of halogens is 1. The van der Waals surface area contributed by atoms with E-state index in [-0.39, 0.29) is 36.5 Å². The quantitative estimate of drug-likeness (QED) is 0.455. The predicted molar refractivity (Wildman–Crippen MR) is 141 cm³/mol. The molecular formula is C28H30FN3O4S. The number of para-hydroxylation sites is 1. The van der Waals surface area contributed by atoms with Crippen molar-refractivity contribution < 1.29 is 22.4 Å². The molecule has 9 heteroatoms. The summed E-state index contributed by atoms with van der Waals surface area (Å²) in [6, 6.07) is 22.0. The number of sulfonamides is 1. The van der Waals surface area contributed by atoms with Crippen LogP contribution in [0.1, 0.15) is 47.3 Å². The van der Waals surface area contributed by atoms with E-state index in [2.05, 4.69) is 10.6 Å². The lowest BCUT2D eigenvalue weighted by molar-refractivity contribution is -0.120. The van der Waals surface area contributed by atoms with Crippen LogP contribution in [0.3, 0.4) is 0 Å². The van der Waals surface area contributed by atoms with Gasteiger partial charge < -0.3 is 10.6 Å². The van der Waals surface area contributed by atoms with Crippen molar-refractivity contribution in [2.24, 2.45) is 5.92 Å². The Labute approximate surface area is 216 Å². The number of amides is 2. The number of carbonyl (C=O) groups excluding carboxylic acids is 2. The normalized spacial score (nSPS) is 15.6. The average Bonchev–Trinajstić information content (AvgIpc) is 2.90. The Morgan fingerprint density at radius 2 is 1.57 bits per heavy atom. The minimum absolute atomic E-state index is 0.124. The Morgan fingerprint density at radius 3 is 2.27 bits per heavy atom. The summed E-state index contributed by atoms with van der Waals surface area (Å²) in [4.78, 5) is 26.0. The van der Waals surface area contributed by atoms with E-state index in [0.29, 0.717) is 24.1 Å². The highest BCUT2D eigenvalue weighted by Crippen LogP contribution is 2.25. The molecule has 2 N–H and O–H groups in total. The second kappa shape index (κ2) is 11.7. The Kier molecular flexibility index (Phi) is 8.35. The van der Waals surface area contributed by atoms with E-state index >= 15 is 0 Å². The Balaban J connectivity index is 1.36. The predicted octanol–water partition coefficient (Wildman–Crippen LogP) is 4.50. The van der Waals surface area contributed by atoms with Gasteiger partial charge in [0.25, 0.3) is 5.91 Å². The first-order valence-electron chi connectivity index (χ1n) is 12.2. The van der Waals surface area contributed by atoms with Crippen LogP contribution in [0.2, 0.25) is 0 Å². The number of hydrogen-bond acceptors (Lipinski definition) is 4. The number of nitrogens with one attached hydrogen (secondary N) is 2. The van der Waals surface area contributed by atoms with Gasteiger partial charge in [-0.3, -0.25) is 9.59 Å². The number of benzene rings is 3. The first-order valence-corrected chi connectivity index (χ1v) is 13.8. The van der Waals surface area contributed by atoms with E-state index in [4.69, 9.17) is 0 Å². The van der Waals surface area contributed by atoms with E-state index in [0.717, 1.165) is 5.56 Å². The van der Waals surface area contributed by atoms with Crippen molar-refractivity contribution in [1.82, 2.24) is 9.62 Å². The molecule has 1 aliphatic heterocycles. The molecule has 7 nitrogen and oxygen atoms in total. The highest BCUT2D eigenvalue weighted by atomic mass is 32.2. The lowest BCUT2D eigenvalue weighted by Crippen LogP contribution is -2.42. The molecule has 1 heterocycles. The van der Waals surface area contributed by atoms with Gasteiger partial charge in [0.1, 0.15) is 5.82 Å². The molecule has 1 atom stereocenters. The zero-order chi connectivity index (χ0) is 26.4. The molecule has 1 fully saturated rings. The van der Waals surface area contributed by atoms with Gasteiger partial charge in [-0.1, -0.05) is 60.7 Å². The third-order valence-electron chi connectivity index (χ3n) is 6.59. The largest absolute Gasteiger partial charge is 0.345 e. The van der Waals surface area contributed by atoms with Gasteiger partial charge >= 0.3 is 0 Å². The summed E-state index contributed by atoms with van der Waals surface area (Å²) in [5.74, 6) is -1.94. The maximum Gasteiger partial charge on any atom is 0.253 e. The second-order valence-corrected chi connectivity index (χ2v) is 11.1. The van der Waals surface area contributed by atoms with Crippen molar-refractivity contribution in [3.05, 3.63) is 101 Å². The topological polar surface area (TPSA) is 95.6 Å². The Hall–Kier alpha value is -3.56. The second-order valence-electron chi connectivity index (χ2n) is 9.16. The summed E-state index contributed by atoms with van der Waals surface area (Å²) in [5.41, 5.74) is 1.84. The van der Waals surface area contributed by atoms with Gasteiger partial charge in [0.05, 0.1) is 23.0 Å². The zero-order valence-corrected chi connectivity index (χ0v) is 21.4. The molecule has 1 aliphatic rings.